The highest BCUT2D eigenvalue weighted by molar-refractivity contribution is 5.29. The van der Waals surface area contributed by atoms with E-state index in [1.165, 1.54) is 5.56 Å². The third-order valence-electron chi connectivity index (χ3n) is 2.18. The first kappa shape index (κ1) is 10.6. The zero-order valence-electron chi connectivity index (χ0n) is 8.97. The van der Waals surface area contributed by atoms with Gasteiger partial charge in [0.2, 0.25) is 0 Å². The van der Waals surface area contributed by atoms with Crippen molar-refractivity contribution < 1.29 is 4.84 Å². The van der Waals surface area contributed by atoms with Crippen LogP contribution in [0.3, 0.4) is 0 Å². The Balaban J connectivity index is 1.70. The number of hydrogen-bond acceptors (Lipinski definition) is 3. The van der Waals surface area contributed by atoms with Crippen molar-refractivity contribution in [2.45, 2.75) is 6.42 Å². The number of nitrogens with zero attached hydrogens (tertiary/aromatic N) is 1. The summed E-state index contributed by atoms with van der Waals surface area (Å²) in [5.74, 6) is 0.732. The standard InChI is InChI=1S/C13H14N2O/c1-2-6-12(7-3-1)9-11-16-15-13-8-4-5-10-14-13/h1-8,10H,9,11H2,(H,14,15). The minimum absolute atomic E-state index is 0.626. The number of benzene rings is 1. The molecule has 1 heterocycles. The van der Waals surface area contributed by atoms with Crippen molar-refractivity contribution in [2.75, 3.05) is 12.1 Å². The van der Waals surface area contributed by atoms with E-state index in [9.17, 15) is 0 Å². The fourth-order valence-corrected chi connectivity index (χ4v) is 1.36. The van der Waals surface area contributed by atoms with Crippen LogP contribution in [0.1, 0.15) is 5.56 Å². The highest BCUT2D eigenvalue weighted by atomic mass is 16.6. The molecule has 0 aliphatic carbocycles. The summed E-state index contributed by atoms with van der Waals surface area (Å²) >= 11 is 0. The summed E-state index contributed by atoms with van der Waals surface area (Å²) in [7, 11) is 0. The van der Waals surface area contributed by atoms with Gasteiger partial charge in [0, 0.05) is 6.20 Å². The molecule has 16 heavy (non-hydrogen) atoms. The number of rotatable bonds is 5. The average molecular weight is 214 g/mol. The van der Waals surface area contributed by atoms with Crippen molar-refractivity contribution in [1.82, 2.24) is 4.98 Å². The number of anilines is 1. The average Bonchev–Trinajstić information content (AvgIpc) is 2.37. The maximum Gasteiger partial charge on any atom is 0.149 e. The van der Waals surface area contributed by atoms with Crippen LogP contribution in [0.5, 0.6) is 0 Å². The fourth-order valence-electron chi connectivity index (χ4n) is 1.36. The molecule has 2 aromatic rings. The molecule has 0 unspecified atom stereocenters. The largest absolute Gasteiger partial charge is 0.274 e. The predicted molar refractivity (Wildman–Crippen MR) is 64.0 cm³/mol. The van der Waals surface area contributed by atoms with Crippen molar-refractivity contribution in [3.05, 3.63) is 60.3 Å². The van der Waals surface area contributed by atoms with Crippen LogP contribution in [-0.2, 0) is 11.3 Å². The lowest BCUT2D eigenvalue weighted by atomic mass is 10.2. The van der Waals surface area contributed by atoms with Crippen molar-refractivity contribution in [3.8, 4) is 0 Å². The van der Waals surface area contributed by atoms with Gasteiger partial charge in [-0.1, -0.05) is 36.4 Å². The molecule has 2 rings (SSSR count). The number of hydrogen-bond donors (Lipinski definition) is 1. The summed E-state index contributed by atoms with van der Waals surface area (Å²) < 4.78 is 0. The van der Waals surface area contributed by atoms with Crippen molar-refractivity contribution in [1.29, 1.82) is 0 Å². The van der Waals surface area contributed by atoms with E-state index >= 15 is 0 Å². The first-order valence-electron chi connectivity index (χ1n) is 5.28. The van der Waals surface area contributed by atoms with E-state index in [4.69, 9.17) is 4.84 Å². The van der Waals surface area contributed by atoms with Crippen LogP contribution in [0.15, 0.2) is 54.7 Å². The fraction of sp³-hybridized carbons (Fsp3) is 0.154. The van der Waals surface area contributed by atoms with Crippen LogP contribution in [0.4, 0.5) is 5.82 Å². The molecule has 0 aliphatic heterocycles. The molecular weight excluding hydrogens is 200 g/mol. The molecule has 0 saturated heterocycles. The van der Waals surface area contributed by atoms with Crippen molar-refractivity contribution >= 4 is 5.82 Å². The Morgan fingerprint density at radius 2 is 1.81 bits per heavy atom. The van der Waals surface area contributed by atoms with E-state index in [1.807, 2.05) is 36.4 Å². The molecule has 0 bridgehead atoms. The Labute approximate surface area is 95.1 Å². The van der Waals surface area contributed by atoms with Gasteiger partial charge in [0.05, 0.1) is 6.61 Å². The maximum absolute atomic E-state index is 5.31. The van der Waals surface area contributed by atoms with E-state index < -0.39 is 0 Å². The summed E-state index contributed by atoms with van der Waals surface area (Å²) in [6, 6.07) is 15.9. The van der Waals surface area contributed by atoms with E-state index in [1.54, 1.807) is 6.20 Å². The van der Waals surface area contributed by atoms with Crippen LogP contribution in [0.25, 0.3) is 0 Å². The second-order valence-corrected chi connectivity index (χ2v) is 3.40. The molecule has 82 valence electrons. The summed E-state index contributed by atoms with van der Waals surface area (Å²) in [6.45, 7) is 0.626. The lowest BCUT2D eigenvalue weighted by Crippen LogP contribution is -2.06. The topological polar surface area (TPSA) is 34.1 Å². The van der Waals surface area contributed by atoms with Gasteiger partial charge >= 0.3 is 0 Å². The Hall–Kier alpha value is -1.87. The van der Waals surface area contributed by atoms with Gasteiger partial charge < -0.3 is 0 Å². The molecule has 0 amide bonds. The molecule has 3 heteroatoms. The third kappa shape index (κ3) is 3.37. The van der Waals surface area contributed by atoms with Gasteiger partial charge in [-0.2, -0.15) is 0 Å². The molecule has 1 aromatic carbocycles. The molecular formula is C13H14N2O. The molecule has 1 N–H and O–H groups in total. The van der Waals surface area contributed by atoms with Gasteiger partial charge in [-0.25, -0.2) is 10.5 Å². The highest BCUT2D eigenvalue weighted by Gasteiger charge is 1.93. The summed E-state index contributed by atoms with van der Waals surface area (Å²) in [5.41, 5.74) is 4.07. The summed E-state index contributed by atoms with van der Waals surface area (Å²) in [5, 5.41) is 0. The SMILES string of the molecule is c1ccc(CCONc2ccccn2)cc1. The van der Waals surface area contributed by atoms with Gasteiger partial charge in [0.15, 0.2) is 0 Å². The Morgan fingerprint density at radius 1 is 1.00 bits per heavy atom. The minimum atomic E-state index is 0.626. The van der Waals surface area contributed by atoms with Gasteiger partial charge in [-0.3, -0.25) is 4.84 Å². The van der Waals surface area contributed by atoms with E-state index in [2.05, 4.69) is 22.6 Å². The van der Waals surface area contributed by atoms with Gasteiger partial charge in [-0.15, -0.1) is 0 Å². The quantitative estimate of drug-likeness (QED) is 0.613. The van der Waals surface area contributed by atoms with Crippen molar-refractivity contribution in [3.63, 3.8) is 0 Å². The van der Waals surface area contributed by atoms with Crippen molar-refractivity contribution in [2.24, 2.45) is 0 Å². The minimum Gasteiger partial charge on any atom is -0.274 e. The van der Waals surface area contributed by atoms with Gasteiger partial charge in [0.25, 0.3) is 0 Å². The third-order valence-corrected chi connectivity index (χ3v) is 2.18. The van der Waals surface area contributed by atoms with Crippen LogP contribution >= 0.6 is 0 Å². The molecule has 0 fully saturated rings. The smallest absolute Gasteiger partial charge is 0.149 e. The Morgan fingerprint density at radius 3 is 2.56 bits per heavy atom. The van der Waals surface area contributed by atoms with Crippen LogP contribution in [-0.4, -0.2) is 11.6 Å². The zero-order valence-corrected chi connectivity index (χ0v) is 8.97. The summed E-state index contributed by atoms with van der Waals surface area (Å²) in [6.07, 6.45) is 2.61. The molecule has 0 radical (unpaired) electrons. The number of pyridine rings is 1. The molecule has 0 saturated carbocycles. The highest BCUT2D eigenvalue weighted by Crippen LogP contribution is 2.02. The second-order valence-electron chi connectivity index (χ2n) is 3.40. The normalized spacial score (nSPS) is 10.0. The monoisotopic (exact) mass is 214 g/mol. The molecule has 1 aromatic heterocycles. The maximum atomic E-state index is 5.31. The lowest BCUT2D eigenvalue weighted by molar-refractivity contribution is 0.196. The molecule has 3 nitrogen and oxygen atoms in total. The summed E-state index contributed by atoms with van der Waals surface area (Å²) in [4.78, 5) is 9.40. The first-order valence-corrected chi connectivity index (χ1v) is 5.28. The molecule has 0 aliphatic rings. The zero-order chi connectivity index (χ0) is 11.1. The van der Waals surface area contributed by atoms with E-state index in [0.29, 0.717) is 6.61 Å². The second kappa shape index (κ2) is 5.88. The van der Waals surface area contributed by atoms with Crippen LogP contribution in [0.2, 0.25) is 0 Å². The number of aromatic nitrogens is 1. The van der Waals surface area contributed by atoms with E-state index in [0.717, 1.165) is 12.2 Å². The first-order chi connectivity index (χ1) is 7.95. The predicted octanol–water partition coefficient (Wildman–Crippen LogP) is 2.67. The van der Waals surface area contributed by atoms with Crippen LogP contribution in [0, 0.1) is 0 Å². The van der Waals surface area contributed by atoms with E-state index in [-0.39, 0.29) is 0 Å². The van der Waals surface area contributed by atoms with Gasteiger partial charge in [0.1, 0.15) is 5.82 Å². The Kier molecular flexibility index (Phi) is 3.91. The lowest BCUT2D eigenvalue weighted by Gasteiger charge is -2.05. The Bertz CT molecular complexity index is 361. The van der Waals surface area contributed by atoms with Gasteiger partial charge in [-0.05, 0) is 24.1 Å². The molecule has 0 atom stereocenters. The van der Waals surface area contributed by atoms with Crippen LogP contribution < -0.4 is 5.48 Å². The molecule has 0 spiro atoms. The number of nitrogens with one attached hydrogen (secondary N) is 1.